The van der Waals surface area contributed by atoms with Gasteiger partial charge in [0.2, 0.25) is 5.95 Å². The fraction of sp³-hybridized carbons (Fsp3) is 0.778. The smallest absolute Gasteiger partial charge is 0.218 e. The van der Waals surface area contributed by atoms with Crippen LogP contribution in [0.5, 0.6) is 0 Å². The van der Waals surface area contributed by atoms with Crippen molar-refractivity contribution in [2.45, 2.75) is 25.6 Å². The van der Waals surface area contributed by atoms with Crippen molar-refractivity contribution < 1.29 is 4.74 Å². The molecule has 6 heteroatoms. The van der Waals surface area contributed by atoms with Gasteiger partial charge in [-0.1, -0.05) is 0 Å². The molecule has 84 valence electrons. The molecule has 6 nitrogen and oxygen atoms in total. The van der Waals surface area contributed by atoms with E-state index in [1.165, 1.54) is 0 Å². The van der Waals surface area contributed by atoms with Gasteiger partial charge in [-0.3, -0.25) is 0 Å². The van der Waals surface area contributed by atoms with Crippen molar-refractivity contribution in [1.29, 1.82) is 0 Å². The molecule has 0 amide bonds. The van der Waals surface area contributed by atoms with Gasteiger partial charge in [-0.25, -0.2) is 4.68 Å². The van der Waals surface area contributed by atoms with Gasteiger partial charge in [-0.2, -0.15) is 10.1 Å². The Morgan fingerprint density at radius 2 is 2.27 bits per heavy atom. The normalized spacial score (nSPS) is 18.2. The summed E-state index contributed by atoms with van der Waals surface area (Å²) in [4.78, 5) is 4.08. The number of hydrogen-bond acceptors (Lipinski definition) is 5. The van der Waals surface area contributed by atoms with E-state index in [1.54, 1.807) is 11.7 Å². The molecule has 0 bridgehead atoms. The molecule has 0 saturated carbocycles. The Hall–Kier alpha value is -1.14. The van der Waals surface area contributed by atoms with Gasteiger partial charge in [-0.05, 0) is 25.9 Å². The highest BCUT2D eigenvalue weighted by atomic mass is 16.5. The Morgan fingerprint density at radius 3 is 2.87 bits per heavy atom. The number of nitrogens with one attached hydrogen (secondary N) is 1. The van der Waals surface area contributed by atoms with Gasteiger partial charge in [-0.15, -0.1) is 0 Å². The van der Waals surface area contributed by atoms with E-state index in [2.05, 4.69) is 15.4 Å². The third kappa shape index (κ3) is 2.66. The van der Waals surface area contributed by atoms with Crippen LogP contribution in [0, 0.1) is 0 Å². The second-order valence-corrected chi connectivity index (χ2v) is 3.77. The molecular weight excluding hydrogens is 194 g/mol. The molecule has 0 atom stereocenters. The first-order valence-corrected chi connectivity index (χ1v) is 5.23. The van der Waals surface area contributed by atoms with Crippen LogP contribution in [0.2, 0.25) is 0 Å². The van der Waals surface area contributed by atoms with Crippen LogP contribution in [0.15, 0.2) is 0 Å². The third-order valence-corrected chi connectivity index (χ3v) is 2.57. The molecule has 0 unspecified atom stereocenters. The minimum absolute atomic E-state index is 0.330. The molecular formula is C9H17N5O. The van der Waals surface area contributed by atoms with Gasteiger partial charge < -0.3 is 15.8 Å². The van der Waals surface area contributed by atoms with E-state index in [9.17, 15) is 0 Å². The van der Waals surface area contributed by atoms with Crippen LogP contribution in [-0.4, -0.2) is 34.0 Å². The zero-order valence-corrected chi connectivity index (χ0v) is 8.94. The zero-order valence-electron chi connectivity index (χ0n) is 8.94. The quantitative estimate of drug-likeness (QED) is 0.715. The lowest BCUT2D eigenvalue weighted by Gasteiger charge is -2.22. The van der Waals surface area contributed by atoms with E-state index in [1.807, 2.05) is 0 Å². The second-order valence-electron chi connectivity index (χ2n) is 3.77. The second kappa shape index (κ2) is 4.59. The molecule has 1 aromatic heterocycles. The number of aryl methyl sites for hydroxylation is 1. The molecule has 1 aromatic rings. The van der Waals surface area contributed by atoms with Gasteiger partial charge >= 0.3 is 0 Å². The first-order chi connectivity index (χ1) is 7.25. The molecule has 1 aliphatic rings. The van der Waals surface area contributed by atoms with Crippen molar-refractivity contribution in [3.63, 3.8) is 0 Å². The zero-order chi connectivity index (χ0) is 10.7. The number of nitrogen functional groups attached to an aromatic ring is 1. The number of rotatable bonds is 3. The summed E-state index contributed by atoms with van der Waals surface area (Å²) in [5.41, 5.74) is 5.57. The molecule has 2 heterocycles. The number of hydrogen-bond donors (Lipinski definition) is 2. The van der Waals surface area contributed by atoms with Crippen LogP contribution in [0.3, 0.4) is 0 Å². The van der Waals surface area contributed by atoms with E-state index in [-0.39, 0.29) is 0 Å². The lowest BCUT2D eigenvalue weighted by atomic mass is 10.1. The highest BCUT2D eigenvalue weighted by Crippen LogP contribution is 2.09. The topological polar surface area (TPSA) is 78.0 Å². The van der Waals surface area contributed by atoms with Gasteiger partial charge in [0.15, 0.2) is 5.82 Å². The molecule has 3 N–H and O–H groups in total. The highest BCUT2D eigenvalue weighted by molar-refractivity contribution is 5.14. The van der Waals surface area contributed by atoms with Crippen molar-refractivity contribution in [2.24, 2.45) is 7.05 Å². The van der Waals surface area contributed by atoms with E-state index in [4.69, 9.17) is 10.5 Å². The molecule has 1 aliphatic heterocycles. The van der Waals surface area contributed by atoms with Gasteiger partial charge in [0.1, 0.15) is 6.61 Å². The van der Waals surface area contributed by atoms with Crippen LogP contribution < -0.4 is 11.1 Å². The average Bonchev–Trinajstić information content (AvgIpc) is 2.57. The Morgan fingerprint density at radius 1 is 1.53 bits per heavy atom. The number of ether oxygens (including phenoxy) is 1. The average molecular weight is 211 g/mol. The summed E-state index contributed by atoms with van der Waals surface area (Å²) < 4.78 is 7.26. The largest absolute Gasteiger partial charge is 0.370 e. The Labute approximate surface area is 88.8 Å². The fourth-order valence-electron chi connectivity index (χ4n) is 1.67. The molecule has 1 fully saturated rings. The van der Waals surface area contributed by atoms with Crippen LogP contribution in [0.25, 0.3) is 0 Å². The lowest BCUT2D eigenvalue weighted by molar-refractivity contribution is 0.0178. The van der Waals surface area contributed by atoms with E-state index in [0.717, 1.165) is 25.9 Å². The van der Waals surface area contributed by atoms with Gasteiger partial charge in [0, 0.05) is 7.05 Å². The number of piperidine rings is 1. The monoisotopic (exact) mass is 211 g/mol. The van der Waals surface area contributed by atoms with Crippen molar-refractivity contribution in [3.05, 3.63) is 5.82 Å². The molecule has 0 aromatic carbocycles. The maximum Gasteiger partial charge on any atom is 0.218 e. The summed E-state index contributed by atoms with van der Waals surface area (Å²) >= 11 is 0. The first-order valence-electron chi connectivity index (χ1n) is 5.23. The maximum atomic E-state index is 5.70. The van der Waals surface area contributed by atoms with E-state index in [0.29, 0.717) is 24.5 Å². The van der Waals surface area contributed by atoms with Gasteiger partial charge in [0.25, 0.3) is 0 Å². The molecule has 1 saturated heterocycles. The Kier molecular flexibility index (Phi) is 3.17. The van der Waals surface area contributed by atoms with Crippen molar-refractivity contribution in [3.8, 4) is 0 Å². The summed E-state index contributed by atoms with van der Waals surface area (Å²) in [6, 6.07) is 0. The van der Waals surface area contributed by atoms with E-state index < -0.39 is 0 Å². The molecule has 15 heavy (non-hydrogen) atoms. The van der Waals surface area contributed by atoms with Crippen LogP contribution >= 0.6 is 0 Å². The van der Waals surface area contributed by atoms with Crippen molar-refractivity contribution in [2.75, 3.05) is 18.8 Å². The fourth-order valence-corrected chi connectivity index (χ4v) is 1.67. The SMILES string of the molecule is Cn1nc(COC2CCNCC2)nc1N. The predicted octanol–water partition coefficient (Wildman–Crippen LogP) is -0.334. The summed E-state index contributed by atoms with van der Waals surface area (Å²) in [6.45, 7) is 2.51. The van der Waals surface area contributed by atoms with Crippen LogP contribution in [0.1, 0.15) is 18.7 Å². The first kappa shape index (κ1) is 10.4. The summed E-state index contributed by atoms with van der Waals surface area (Å²) in [7, 11) is 1.77. The third-order valence-electron chi connectivity index (χ3n) is 2.57. The van der Waals surface area contributed by atoms with Crippen LogP contribution in [-0.2, 0) is 18.4 Å². The number of aromatic nitrogens is 3. The van der Waals surface area contributed by atoms with Crippen LogP contribution in [0.4, 0.5) is 5.95 Å². The van der Waals surface area contributed by atoms with Crippen molar-refractivity contribution >= 4 is 5.95 Å². The highest BCUT2D eigenvalue weighted by Gasteiger charge is 2.14. The molecule has 0 spiro atoms. The summed E-state index contributed by atoms with van der Waals surface area (Å²) in [6.07, 6.45) is 2.45. The van der Waals surface area contributed by atoms with Crippen molar-refractivity contribution in [1.82, 2.24) is 20.1 Å². The number of nitrogens with zero attached hydrogens (tertiary/aromatic N) is 3. The maximum absolute atomic E-state index is 5.70. The summed E-state index contributed by atoms with van der Waals surface area (Å²) in [5.74, 6) is 1.09. The Balaban J connectivity index is 1.81. The summed E-state index contributed by atoms with van der Waals surface area (Å²) in [5, 5.41) is 7.43. The molecule has 2 rings (SSSR count). The molecule has 0 radical (unpaired) electrons. The number of anilines is 1. The minimum atomic E-state index is 0.330. The minimum Gasteiger partial charge on any atom is -0.370 e. The lowest BCUT2D eigenvalue weighted by Crippen LogP contribution is -2.32. The standard InChI is InChI=1S/C9H17N5O/c1-14-9(10)12-8(13-14)6-15-7-2-4-11-5-3-7/h7,11H,2-6H2,1H3,(H2,10,12,13). The number of nitrogens with two attached hydrogens (primary N) is 1. The molecule has 0 aliphatic carbocycles. The van der Waals surface area contributed by atoms with E-state index >= 15 is 0 Å². The predicted molar refractivity (Wildman–Crippen MR) is 56.1 cm³/mol. The Bertz CT molecular complexity index is 299. The van der Waals surface area contributed by atoms with Gasteiger partial charge in [0.05, 0.1) is 6.10 Å².